The molecule has 0 heterocycles. The first-order valence-electron chi connectivity index (χ1n) is 10.3. The summed E-state index contributed by atoms with van der Waals surface area (Å²) in [5, 5.41) is 0. The summed E-state index contributed by atoms with van der Waals surface area (Å²) in [5.74, 6) is -5.69. The van der Waals surface area contributed by atoms with Gasteiger partial charge in [-0.3, -0.25) is 0 Å². The lowest BCUT2D eigenvalue weighted by Crippen LogP contribution is -2.25. The number of hydrogen-bond acceptors (Lipinski definition) is 1. The average Bonchev–Trinajstić information content (AvgIpc) is 2.72. The molecule has 0 aliphatic heterocycles. The topological polar surface area (TPSA) is 9.23 Å². The highest BCUT2D eigenvalue weighted by atomic mass is 19.3. The van der Waals surface area contributed by atoms with E-state index in [0.29, 0.717) is 17.7 Å². The van der Waals surface area contributed by atoms with Crippen LogP contribution in [0.5, 0.6) is 5.75 Å². The maximum Gasteiger partial charge on any atom is 0.426 e. The third kappa shape index (κ3) is 4.85. The molecule has 0 spiro atoms. The third-order valence-electron chi connectivity index (χ3n) is 5.58. The Morgan fingerprint density at radius 1 is 1.03 bits per heavy atom. The Bertz CT molecular complexity index is 906. The van der Waals surface area contributed by atoms with Crippen LogP contribution in [0.4, 0.5) is 22.0 Å². The van der Waals surface area contributed by atoms with Crippen molar-refractivity contribution in [3.63, 3.8) is 0 Å². The number of ether oxygens (including phenoxy) is 1. The Hall–Kier alpha value is -2.37. The summed E-state index contributed by atoms with van der Waals surface area (Å²) in [6.07, 6.45) is 3.60. The zero-order valence-corrected chi connectivity index (χ0v) is 17.1. The highest BCUT2D eigenvalue weighted by molar-refractivity contribution is 5.65. The van der Waals surface area contributed by atoms with Crippen LogP contribution >= 0.6 is 0 Å². The van der Waals surface area contributed by atoms with E-state index in [9.17, 15) is 13.2 Å². The fraction of sp³-hybridized carbons (Fsp3) is 0.417. The summed E-state index contributed by atoms with van der Waals surface area (Å²) in [5.41, 5.74) is 2.01. The van der Waals surface area contributed by atoms with Crippen LogP contribution in [0.1, 0.15) is 75.0 Å². The van der Waals surface area contributed by atoms with Crippen molar-refractivity contribution in [1.82, 2.24) is 0 Å². The maximum absolute atomic E-state index is 15.1. The van der Waals surface area contributed by atoms with E-state index in [1.807, 2.05) is 19.9 Å². The van der Waals surface area contributed by atoms with Gasteiger partial charge in [-0.15, -0.1) is 0 Å². The smallest absolute Gasteiger partial charge is 0.426 e. The SMILES string of the molecule is CC/C=C(/C)c1ccc(C(F)(F)Oc2cc(F)c(F)c(F)c2)c(C2CCCCC2)c1. The van der Waals surface area contributed by atoms with Gasteiger partial charge in [-0.25, -0.2) is 13.2 Å². The molecular formula is C24H25F5O. The predicted octanol–water partition coefficient (Wildman–Crippen LogP) is 8.09. The molecule has 1 aliphatic rings. The molecule has 0 amide bonds. The van der Waals surface area contributed by atoms with Crippen molar-refractivity contribution >= 4 is 5.57 Å². The third-order valence-corrected chi connectivity index (χ3v) is 5.58. The van der Waals surface area contributed by atoms with E-state index in [-0.39, 0.29) is 11.5 Å². The van der Waals surface area contributed by atoms with Crippen LogP contribution in [-0.2, 0) is 6.11 Å². The summed E-state index contributed by atoms with van der Waals surface area (Å²) in [7, 11) is 0. The van der Waals surface area contributed by atoms with Crippen LogP contribution in [0.15, 0.2) is 36.4 Å². The second-order valence-corrected chi connectivity index (χ2v) is 7.75. The molecule has 1 saturated carbocycles. The molecule has 6 heteroatoms. The van der Waals surface area contributed by atoms with Crippen molar-refractivity contribution in [2.24, 2.45) is 0 Å². The Kier molecular flexibility index (Phi) is 6.84. The van der Waals surface area contributed by atoms with E-state index in [1.165, 1.54) is 6.07 Å². The van der Waals surface area contributed by atoms with Gasteiger partial charge in [0.2, 0.25) is 0 Å². The molecule has 30 heavy (non-hydrogen) atoms. The lowest BCUT2D eigenvalue weighted by atomic mass is 9.80. The number of alkyl halides is 2. The highest BCUT2D eigenvalue weighted by Gasteiger charge is 2.39. The van der Waals surface area contributed by atoms with Crippen LogP contribution in [0, 0.1) is 17.5 Å². The zero-order valence-electron chi connectivity index (χ0n) is 17.1. The van der Waals surface area contributed by atoms with Crippen LogP contribution < -0.4 is 4.74 Å². The Balaban J connectivity index is 2.02. The summed E-state index contributed by atoms with van der Waals surface area (Å²) in [6.45, 7) is 3.94. The van der Waals surface area contributed by atoms with E-state index in [4.69, 9.17) is 0 Å². The zero-order chi connectivity index (χ0) is 21.9. The Labute approximate surface area is 173 Å². The van der Waals surface area contributed by atoms with Gasteiger partial charge < -0.3 is 4.74 Å². The van der Waals surface area contributed by atoms with Crippen molar-refractivity contribution in [2.75, 3.05) is 0 Å². The summed E-state index contributed by atoms with van der Waals surface area (Å²) in [4.78, 5) is 0. The van der Waals surface area contributed by atoms with E-state index in [1.54, 1.807) is 12.1 Å². The molecule has 1 aliphatic carbocycles. The van der Waals surface area contributed by atoms with Gasteiger partial charge in [-0.1, -0.05) is 44.4 Å². The number of benzene rings is 2. The fourth-order valence-electron chi connectivity index (χ4n) is 4.04. The minimum Gasteiger partial charge on any atom is -0.429 e. The molecule has 3 rings (SSSR count). The van der Waals surface area contributed by atoms with Crippen molar-refractivity contribution in [3.8, 4) is 5.75 Å². The second kappa shape index (κ2) is 9.19. The van der Waals surface area contributed by atoms with E-state index in [0.717, 1.165) is 49.7 Å². The van der Waals surface area contributed by atoms with Crippen LogP contribution in [-0.4, -0.2) is 0 Å². The minimum absolute atomic E-state index is 0.0423. The molecule has 1 nitrogen and oxygen atoms in total. The molecule has 2 aromatic carbocycles. The normalized spacial score (nSPS) is 16.0. The fourth-order valence-corrected chi connectivity index (χ4v) is 4.04. The van der Waals surface area contributed by atoms with Crippen molar-refractivity contribution < 1.29 is 26.7 Å². The van der Waals surface area contributed by atoms with E-state index in [2.05, 4.69) is 4.74 Å². The number of allylic oxidation sites excluding steroid dienone is 2. The molecule has 1 fully saturated rings. The first kappa shape index (κ1) is 22.3. The molecular weight excluding hydrogens is 399 g/mol. The molecule has 0 bridgehead atoms. The quantitative estimate of drug-likeness (QED) is 0.336. The number of halogens is 5. The molecule has 2 aromatic rings. The minimum atomic E-state index is -3.83. The largest absolute Gasteiger partial charge is 0.429 e. The molecule has 0 aromatic heterocycles. The molecule has 0 radical (unpaired) electrons. The Morgan fingerprint density at radius 2 is 1.67 bits per heavy atom. The maximum atomic E-state index is 15.1. The van der Waals surface area contributed by atoms with Crippen molar-refractivity contribution in [1.29, 1.82) is 0 Å². The molecule has 0 N–H and O–H groups in total. The van der Waals surface area contributed by atoms with Crippen LogP contribution in [0.2, 0.25) is 0 Å². The van der Waals surface area contributed by atoms with Gasteiger partial charge in [0.15, 0.2) is 17.5 Å². The van der Waals surface area contributed by atoms with Gasteiger partial charge in [0.25, 0.3) is 0 Å². The standard InChI is InChI=1S/C24H25F5O/c1-3-7-15(2)17-10-11-20(19(12-17)16-8-5-4-6-9-16)24(28,29)30-18-13-21(25)23(27)22(26)14-18/h7,10-14,16H,3-6,8-9H2,1-2H3/b15-7-. The van der Waals surface area contributed by atoms with Crippen molar-refractivity contribution in [3.05, 3.63) is 70.5 Å². The van der Waals surface area contributed by atoms with E-state index < -0.39 is 29.3 Å². The summed E-state index contributed by atoms with van der Waals surface area (Å²) >= 11 is 0. The van der Waals surface area contributed by atoms with Crippen molar-refractivity contribution in [2.45, 2.75) is 64.4 Å². The lowest BCUT2D eigenvalue weighted by molar-refractivity contribution is -0.186. The lowest BCUT2D eigenvalue weighted by Gasteiger charge is -2.28. The van der Waals surface area contributed by atoms with Crippen LogP contribution in [0.3, 0.4) is 0 Å². The summed E-state index contributed by atoms with van der Waals surface area (Å²) in [6, 6.07) is 5.55. The summed E-state index contributed by atoms with van der Waals surface area (Å²) < 4.78 is 75.0. The molecule has 0 atom stereocenters. The predicted molar refractivity (Wildman–Crippen MR) is 107 cm³/mol. The number of rotatable bonds is 6. The first-order chi connectivity index (χ1) is 14.2. The molecule has 162 valence electrons. The molecule has 0 saturated heterocycles. The molecule has 0 unspecified atom stereocenters. The van der Waals surface area contributed by atoms with Gasteiger partial charge in [-0.05, 0) is 54.9 Å². The first-order valence-corrected chi connectivity index (χ1v) is 10.3. The van der Waals surface area contributed by atoms with Crippen LogP contribution in [0.25, 0.3) is 5.57 Å². The second-order valence-electron chi connectivity index (χ2n) is 7.75. The van der Waals surface area contributed by atoms with E-state index >= 15 is 8.78 Å². The van der Waals surface area contributed by atoms with Gasteiger partial charge in [0, 0.05) is 12.1 Å². The van der Waals surface area contributed by atoms with Gasteiger partial charge in [0.05, 0.1) is 5.56 Å². The Morgan fingerprint density at radius 3 is 2.27 bits per heavy atom. The average molecular weight is 424 g/mol. The van der Waals surface area contributed by atoms with Gasteiger partial charge in [0.1, 0.15) is 5.75 Å². The monoisotopic (exact) mass is 424 g/mol. The highest BCUT2D eigenvalue weighted by Crippen LogP contribution is 2.42. The number of hydrogen-bond donors (Lipinski definition) is 0. The van der Waals surface area contributed by atoms with Gasteiger partial charge in [-0.2, -0.15) is 8.78 Å². The van der Waals surface area contributed by atoms with Gasteiger partial charge >= 0.3 is 6.11 Å².